The summed E-state index contributed by atoms with van der Waals surface area (Å²) in [6.45, 7) is 5.75. The normalized spacial score (nSPS) is 17.0. The van der Waals surface area contributed by atoms with Gasteiger partial charge in [0.25, 0.3) is 0 Å². The average Bonchev–Trinajstić information content (AvgIpc) is 3.00. The SMILES string of the molecule is CC[C@@H](CN1CCN(C(=O)OC)CC1)c1c(Cl)cnc2[nH]c(=O)[nH]c12. The van der Waals surface area contributed by atoms with Crippen LogP contribution < -0.4 is 5.69 Å². The minimum atomic E-state index is -0.285. The molecule has 3 heterocycles. The average molecular weight is 368 g/mol. The largest absolute Gasteiger partial charge is 0.453 e. The summed E-state index contributed by atoms with van der Waals surface area (Å²) in [7, 11) is 1.40. The van der Waals surface area contributed by atoms with Crippen molar-refractivity contribution in [1.29, 1.82) is 0 Å². The first-order chi connectivity index (χ1) is 12.0. The van der Waals surface area contributed by atoms with E-state index in [0.717, 1.165) is 31.6 Å². The van der Waals surface area contributed by atoms with Crippen molar-refractivity contribution in [1.82, 2.24) is 24.8 Å². The van der Waals surface area contributed by atoms with Gasteiger partial charge in [0.15, 0.2) is 5.65 Å². The Labute approximate surface area is 150 Å². The van der Waals surface area contributed by atoms with Gasteiger partial charge < -0.3 is 14.6 Å². The van der Waals surface area contributed by atoms with Crippen molar-refractivity contribution in [2.75, 3.05) is 39.8 Å². The summed E-state index contributed by atoms with van der Waals surface area (Å²) >= 11 is 6.40. The predicted molar refractivity (Wildman–Crippen MR) is 95.2 cm³/mol. The smallest absolute Gasteiger partial charge is 0.409 e. The van der Waals surface area contributed by atoms with Gasteiger partial charge >= 0.3 is 11.8 Å². The molecule has 8 nitrogen and oxygen atoms in total. The predicted octanol–water partition coefficient (Wildman–Crippen LogP) is 1.78. The highest BCUT2D eigenvalue weighted by molar-refractivity contribution is 6.32. The summed E-state index contributed by atoms with van der Waals surface area (Å²) in [5, 5.41) is 0.558. The van der Waals surface area contributed by atoms with Crippen LogP contribution in [0, 0.1) is 0 Å². The number of ether oxygens (including phenoxy) is 1. The molecule has 0 bridgehead atoms. The van der Waals surface area contributed by atoms with Crippen molar-refractivity contribution in [3.63, 3.8) is 0 Å². The number of rotatable bonds is 4. The molecule has 2 aromatic rings. The van der Waals surface area contributed by atoms with E-state index in [1.807, 2.05) is 0 Å². The van der Waals surface area contributed by atoms with Gasteiger partial charge in [-0.1, -0.05) is 18.5 Å². The molecule has 1 fully saturated rings. The van der Waals surface area contributed by atoms with Gasteiger partial charge in [0.05, 0.1) is 17.6 Å². The Kier molecular flexibility index (Phi) is 5.29. The zero-order chi connectivity index (χ0) is 18.0. The van der Waals surface area contributed by atoms with Gasteiger partial charge in [0, 0.05) is 50.4 Å². The van der Waals surface area contributed by atoms with E-state index in [4.69, 9.17) is 16.3 Å². The highest BCUT2D eigenvalue weighted by Crippen LogP contribution is 2.32. The number of aromatic amines is 2. The summed E-state index contributed by atoms with van der Waals surface area (Å²) in [4.78, 5) is 36.9. The standard InChI is InChI=1S/C16H22ClN5O3/c1-3-10(9-21-4-6-22(7-5-21)16(24)25-2)12-11(17)8-18-14-13(12)19-15(23)20-14/h8,10H,3-7,9H2,1-2H3,(H2,18,19,20,23)/t10-/m0/s1. The fraction of sp³-hybridized carbons (Fsp3) is 0.562. The maximum atomic E-state index is 11.6. The number of halogens is 1. The fourth-order valence-electron chi connectivity index (χ4n) is 3.35. The lowest BCUT2D eigenvalue weighted by Gasteiger charge is -2.35. The topological polar surface area (TPSA) is 94.3 Å². The lowest BCUT2D eigenvalue weighted by Crippen LogP contribution is -2.49. The molecular weight excluding hydrogens is 346 g/mol. The van der Waals surface area contributed by atoms with Crippen LogP contribution in [0.5, 0.6) is 0 Å². The lowest BCUT2D eigenvalue weighted by atomic mass is 9.95. The number of nitrogens with one attached hydrogen (secondary N) is 2. The zero-order valence-electron chi connectivity index (χ0n) is 14.3. The lowest BCUT2D eigenvalue weighted by molar-refractivity contribution is 0.0888. The zero-order valence-corrected chi connectivity index (χ0v) is 15.1. The maximum absolute atomic E-state index is 11.6. The van der Waals surface area contributed by atoms with E-state index in [1.165, 1.54) is 7.11 Å². The Hall–Kier alpha value is -2.06. The maximum Gasteiger partial charge on any atom is 0.409 e. The number of H-pyrrole nitrogens is 2. The van der Waals surface area contributed by atoms with Crippen molar-refractivity contribution < 1.29 is 9.53 Å². The molecule has 0 aliphatic carbocycles. The second-order valence-corrected chi connectivity index (χ2v) is 6.59. The van der Waals surface area contributed by atoms with Crippen LogP contribution in [0.2, 0.25) is 5.02 Å². The number of hydrogen-bond acceptors (Lipinski definition) is 5. The number of carbonyl (C=O) groups excluding carboxylic acids is 1. The van der Waals surface area contributed by atoms with Crippen molar-refractivity contribution in [2.24, 2.45) is 0 Å². The third-order valence-corrected chi connectivity index (χ3v) is 5.03. The number of piperazine rings is 1. The van der Waals surface area contributed by atoms with Gasteiger partial charge in [0.1, 0.15) is 0 Å². The van der Waals surface area contributed by atoms with E-state index in [9.17, 15) is 9.59 Å². The summed E-state index contributed by atoms with van der Waals surface area (Å²) < 4.78 is 4.77. The molecule has 9 heteroatoms. The highest BCUT2D eigenvalue weighted by Gasteiger charge is 2.26. The van der Waals surface area contributed by atoms with Crippen LogP contribution in [0.25, 0.3) is 11.2 Å². The van der Waals surface area contributed by atoms with Gasteiger partial charge in [0.2, 0.25) is 0 Å². The Morgan fingerprint density at radius 2 is 2.08 bits per heavy atom. The molecule has 0 saturated carbocycles. The molecule has 0 aromatic carbocycles. The summed E-state index contributed by atoms with van der Waals surface area (Å²) in [5.41, 5.74) is 1.84. The van der Waals surface area contributed by atoms with Crippen molar-refractivity contribution in [3.05, 3.63) is 27.3 Å². The number of pyridine rings is 1. The van der Waals surface area contributed by atoms with Crippen LogP contribution in [0.3, 0.4) is 0 Å². The number of nitrogens with zero attached hydrogens (tertiary/aromatic N) is 3. The van der Waals surface area contributed by atoms with Gasteiger partial charge in [-0.05, 0) is 6.42 Å². The fourth-order valence-corrected chi connectivity index (χ4v) is 3.65. The quantitative estimate of drug-likeness (QED) is 0.859. The Bertz CT molecular complexity index is 810. The van der Waals surface area contributed by atoms with E-state index in [2.05, 4.69) is 26.8 Å². The first-order valence-electron chi connectivity index (χ1n) is 8.35. The molecule has 1 amide bonds. The highest BCUT2D eigenvalue weighted by atomic mass is 35.5. The third-order valence-electron chi connectivity index (χ3n) is 4.73. The molecule has 2 N–H and O–H groups in total. The van der Waals surface area contributed by atoms with Crippen LogP contribution in [0.1, 0.15) is 24.8 Å². The van der Waals surface area contributed by atoms with E-state index in [0.29, 0.717) is 29.3 Å². The van der Waals surface area contributed by atoms with Crippen LogP contribution >= 0.6 is 11.6 Å². The van der Waals surface area contributed by atoms with Crippen LogP contribution in [0.15, 0.2) is 11.0 Å². The molecular formula is C16H22ClN5O3. The first kappa shape index (κ1) is 17.8. The molecule has 0 spiro atoms. The molecule has 25 heavy (non-hydrogen) atoms. The van der Waals surface area contributed by atoms with E-state index < -0.39 is 0 Å². The summed E-state index contributed by atoms with van der Waals surface area (Å²) in [5.74, 6) is 0.161. The molecule has 2 aromatic heterocycles. The van der Waals surface area contributed by atoms with E-state index >= 15 is 0 Å². The summed E-state index contributed by atoms with van der Waals surface area (Å²) in [6, 6.07) is 0. The minimum Gasteiger partial charge on any atom is -0.453 e. The van der Waals surface area contributed by atoms with Crippen LogP contribution in [-0.4, -0.2) is 70.7 Å². The Morgan fingerprint density at radius 1 is 1.36 bits per heavy atom. The number of amides is 1. The second kappa shape index (κ2) is 7.45. The molecule has 136 valence electrons. The number of imidazole rings is 1. The molecule has 0 unspecified atom stereocenters. The van der Waals surface area contributed by atoms with Gasteiger partial charge in [-0.2, -0.15) is 0 Å². The second-order valence-electron chi connectivity index (χ2n) is 6.19. The van der Waals surface area contributed by atoms with Gasteiger partial charge in [-0.3, -0.25) is 9.88 Å². The van der Waals surface area contributed by atoms with Crippen molar-refractivity contribution >= 4 is 28.9 Å². The van der Waals surface area contributed by atoms with Crippen LogP contribution in [-0.2, 0) is 4.74 Å². The summed E-state index contributed by atoms with van der Waals surface area (Å²) in [6.07, 6.45) is 2.18. The molecule has 1 atom stereocenters. The van der Waals surface area contributed by atoms with Crippen LogP contribution in [0.4, 0.5) is 4.79 Å². The van der Waals surface area contributed by atoms with Crippen molar-refractivity contribution in [2.45, 2.75) is 19.3 Å². The Balaban J connectivity index is 1.77. The third kappa shape index (κ3) is 3.64. The van der Waals surface area contributed by atoms with Gasteiger partial charge in [-0.25, -0.2) is 14.6 Å². The molecule has 1 saturated heterocycles. The molecule has 1 aliphatic rings. The minimum absolute atomic E-state index is 0.161. The first-order valence-corrected chi connectivity index (χ1v) is 8.73. The number of aromatic nitrogens is 3. The number of hydrogen-bond donors (Lipinski definition) is 2. The molecule has 3 rings (SSSR count). The van der Waals surface area contributed by atoms with E-state index in [1.54, 1.807) is 11.1 Å². The van der Waals surface area contributed by atoms with Crippen molar-refractivity contribution in [3.8, 4) is 0 Å². The Morgan fingerprint density at radius 3 is 2.72 bits per heavy atom. The monoisotopic (exact) mass is 367 g/mol. The van der Waals surface area contributed by atoms with Gasteiger partial charge in [-0.15, -0.1) is 0 Å². The number of fused-ring (bicyclic) bond motifs is 1. The molecule has 0 radical (unpaired) electrons. The van der Waals surface area contributed by atoms with E-state index in [-0.39, 0.29) is 17.7 Å². The number of carbonyl (C=O) groups is 1. The number of methoxy groups -OCH3 is 1. The molecule has 1 aliphatic heterocycles.